The zero-order chi connectivity index (χ0) is 10.0. The Bertz CT molecular complexity index is 317. The molecule has 13 heavy (non-hydrogen) atoms. The molecule has 0 amide bonds. The molecule has 0 aliphatic heterocycles. The first-order valence-electron chi connectivity index (χ1n) is 3.80. The number of thiol groups is 1. The zero-order valence-electron chi connectivity index (χ0n) is 7.09. The molecule has 72 valence electrons. The van der Waals surface area contributed by atoms with Crippen molar-refractivity contribution in [3.8, 4) is 0 Å². The van der Waals surface area contributed by atoms with Gasteiger partial charge < -0.3 is 5.11 Å². The Labute approximate surface area is 86.9 Å². The summed E-state index contributed by atoms with van der Waals surface area (Å²) in [6.45, 7) is 1.62. The van der Waals surface area contributed by atoms with E-state index in [2.05, 4.69) is 12.6 Å². The third kappa shape index (κ3) is 2.36. The van der Waals surface area contributed by atoms with Crippen LogP contribution in [0.2, 0.25) is 5.02 Å². The summed E-state index contributed by atoms with van der Waals surface area (Å²) in [4.78, 5) is 0. The van der Waals surface area contributed by atoms with Crippen molar-refractivity contribution in [1.29, 1.82) is 0 Å². The molecule has 4 heteroatoms. The number of hydrogen-bond donors (Lipinski definition) is 2. The molecule has 0 saturated carbocycles. The molecule has 1 unspecified atom stereocenters. The van der Waals surface area contributed by atoms with Crippen molar-refractivity contribution < 1.29 is 9.50 Å². The lowest BCUT2D eigenvalue weighted by molar-refractivity contribution is 0.204. The minimum Gasteiger partial charge on any atom is -0.388 e. The van der Waals surface area contributed by atoms with Gasteiger partial charge in [0.25, 0.3) is 0 Å². The predicted molar refractivity (Wildman–Crippen MR) is 55.0 cm³/mol. The second-order valence-corrected chi connectivity index (χ2v) is 3.59. The van der Waals surface area contributed by atoms with E-state index in [1.54, 1.807) is 6.92 Å². The quantitative estimate of drug-likeness (QED) is 0.735. The molecule has 1 aromatic rings. The average molecular weight is 221 g/mol. The molecule has 1 aromatic carbocycles. The van der Waals surface area contributed by atoms with E-state index in [9.17, 15) is 9.50 Å². The molecular weight excluding hydrogens is 211 g/mol. The molecule has 0 fully saturated rings. The first-order chi connectivity index (χ1) is 6.06. The summed E-state index contributed by atoms with van der Waals surface area (Å²) in [5.74, 6) is -0.136. The lowest BCUT2D eigenvalue weighted by Gasteiger charge is -2.10. The van der Waals surface area contributed by atoms with E-state index >= 15 is 0 Å². The number of halogens is 2. The largest absolute Gasteiger partial charge is 0.388 e. The Balaban J connectivity index is 3.15. The van der Waals surface area contributed by atoms with Crippen molar-refractivity contribution in [2.75, 3.05) is 5.75 Å². The molecule has 0 heterocycles. The summed E-state index contributed by atoms with van der Waals surface area (Å²) in [6.07, 6.45) is -0.814. The SMILES string of the molecule is Cc1cc(Cl)c(C(O)CS)cc1F. The summed E-state index contributed by atoms with van der Waals surface area (Å²) < 4.78 is 13.1. The lowest BCUT2D eigenvalue weighted by Crippen LogP contribution is -2.01. The second kappa shape index (κ2) is 4.31. The van der Waals surface area contributed by atoms with Gasteiger partial charge in [0, 0.05) is 16.3 Å². The molecule has 1 atom stereocenters. The second-order valence-electron chi connectivity index (χ2n) is 2.82. The highest BCUT2D eigenvalue weighted by Gasteiger charge is 2.12. The molecular formula is C9H10ClFOS. The Kier molecular flexibility index (Phi) is 3.59. The first-order valence-corrected chi connectivity index (χ1v) is 4.81. The molecule has 0 spiro atoms. The van der Waals surface area contributed by atoms with Gasteiger partial charge in [-0.15, -0.1) is 0 Å². The highest BCUT2D eigenvalue weighted by molar-refractivity contribution is 7.80. The summed E-state index contributed by atoms with van der Waals surface area (Å²) in [6, 6.07) is 2.75. The van der Waals surface area contributed by atoms with Gasteiger partial charge in [-0.2, -0.15) is 12.6 Å². The van der Waals surface area contributed by atoms with Crippen LogP contribution < -0.4 is 0 Å². The van der Waals surface area contributed by atoms with Crippen LogP contribution in [0.1, 0.15) is 17.2 Å². The van der Waals surface area contributed by atoms with Crippen molar-refractivity contribution in [3.63, 3.8) is 0 Å². The monoisotopic (exact) mass is 220 g/mol. The van der Waals surface area contributed by atoms with E-state index in [1.807, 2.05) is 0 Å². The molecule has 0 radical (unpaired) electrons. The Morgan fingerprint density at radius 1 is 1.62 bits per heavy atom. The Hall–Kier alpha value is -0.250. The standard InChI is InChI=1S/C9H10ClFOS/c1-5-2-7(10)6(3-8(5)11)9(12)4-13/h2-3,9,12-13H,4H2,1H3. The Morgan fingerprint density at radius 3 is 2.77 bits per heavy atom. The van der Waals surface area contributed by atoms with Crippen LogP contribution in [-0.4, -0.2) is 10.9 Å². The summed E-state index contributed by atoms with van der Waals surface area (Å²) in [5.41, 5.74) is 0.861. The third-order valence-electron chi connectivity index (χ3n) is 1.81. The number of rotatable bonds is 2. The van der Waals surface area contributed by atoms with E-state index in [4.69, 9.17) is 11.6 Å². The van der Waals surface area contributed by atoms with Gasteiger partial charge in [-0.25, -0.2) is 4.39 Å². The van der Waals surface area contributed by atoms with Crippen LogP contribution in [0.4, 0.5) is 4.39 Å². The van der Waals surface area contributed by atoms with Crippen LogP contribution in [0.25, 0.3) is 0 Å². The van der Waals surface area contributed by atoms with Crippen molar-refractivity contribution in [2.24, 2.45) is 0 Å². The van der Waals surface area contributed by atoms with Gasteiger partial charge in [0.15, 0.2) is 0 Å². The van der Waals surface area contributed by atoms with Gasteiger partial charge >= 0.3 is 0 Å². The number of aliphatic hydroxyl groups excluding tert-OH is 1. The van der Waals surface area contributed by atoms with Gasteiger partial charge in [0.2, 0.25) is 0 Å². The van der Waals surface area contributed by atoms with Crippen LogP contribution >= 0.6 is 24.2 Å². The molecule has 1 rings (SSSR count). The van der Waals surface area contributed by atoms with Crippen LogP contribution in [-0.2, 0) is 0 Å². The first kappa shape index (κ1) is 10.8. The minimum absolute atomic E-state index is 0.224. The maximum atomic E-state index is 13.1. The highest BCUT2D eigenvalue weighted by atomic mass is 35.5. The Morgan fingerprint density at radius 2 is 2.23 bits per heavy atom. The fourth-order valence-electron chi connectivity index (χ4n) is 1.02. The molecule has 0 saturated heterocycles. The van der Waals surface area contributed by atoms with E-state index in [1.165, 1.54) is 12.1 Å². The van der Waals surface area contributed by atoms with E-state index in [0.717, 1.165) is 0 Å². The molecule has 0 bridgehead atoms. The lowest BCUT2D eigenvalue weighted by atomic mass is 10.1. The fraction of sp³-hybridized carbons (Fsp3) is 0.333. The smallest absolute Gasteiger partial charge is 0.126 e. The summed E-state index contributed by atoms with van der Waals surface area (Å²) in [5, 5.41) is 9.77. The van der Waals surface area contributed by atoms with Crippen molar-refractivity contribution in [1.82, 2.24) is 0 Å². The maximum absolute atomic E-state index is 13.1. The zero-order valence-corrected chi connectivity index (χ0v) is 8.74. The van der Waals surface area contributed by atoms with Gasteiger partial charge in [0.1, 0.15) is 5.82 Å². The van der Waals surface area contributed by atoms with Crippen LogP contribution in [0.5, 0.6) is 0 Å². The highest BCUT2D eigenvalue weighted by Crippen LogP contribution is 2.26. The van der Waals surface area contributed by atoms with Gasteiger partial charge in [-0.3, -0.25) is 0 Å². The topological polar surface area (TPSA) is 20.2 Å². The fourth-order valence-corrected chi connectivity index (χ4v) is 1.56. The number of aliphatic hydroxyl groups is 1. The predicted octanol–water partition coefficient (Wildman–Crippen LogP) is 2.75. The van der Waals surface area contributed by atoms with Crippen LogP contribution in [0, 0.1) is 12.7 Å². The van der Waals surface area contributed by atoms with E-state index in [0.29, 0.717) is 16.1 Å². The van der Waals surface area contributed by atoms with Crippen molar-refractivity contribution >= 4 is 24.2 Å². The summed E-state index contributed by atoms with van der Waals surface area (Å²) >= 11 is 9.72. The van der Waals surface area contributed by atoms with E-state index in [-0.39, 0.29) is 11.6 Å². The van der Waals surface area contributed by atoms with Crippen LogP contribution in [0.15, 0.2) is 12.1 Å². The molecule has 0 aliphatic carbocycles. The normalized spacial score (nSPS) is 13.0. The van der Waals surface area contributed by atoms with Gasteiger partial charge in [0.05, 0.1) is 6.10 Å². The summed E-state index contributed by atoms with van der Waals surface area (Å²) in [7, 11) is 0. The molecule has 1 N–H and O–H groups in total. The molecule has 1 nitrogen and oxygen atoms in total. The van der Waals surface area contributed by atoms with E-state index < -0.39 is 6.10 Å². The molecule has 0 aromatic heterocycles. The number of benzene rings is 1. The third-order valence-corrected chi connectivity index (χ3v) is 2.48. The van der Waals surface area contributed by atoms with Gasteiger partial charge in [-0.05, 0) is 24.6 Å². The number of aryl methyl sites for hydroxylation is 1. The number of hydrogen-bond acceptors (Lipinski definition) is 2. The minimum atomic E-state index is -0.814. The average Bonchev–Trinajstić information content (AvgIpc) is 2.10. The molecule has 0 aliphatic rings. The van der Waals surface area contributed by atoms with Crippen molar-refractivity contribution in [2.45, 2.75) is 13.0 Å². The maximum Gasteiger partial charge on any atom is 0.126 e. The van der Waals surface area contributed by atoms with Crippen LogP contribution in [0.3, 0.4) is 0 Å². The van der Waals surface area contributed by atoms with Gasteiger partial charge in [-0.1, -0.05) is 11.6 Å². The van der Waals surface area contributed by atoms with Crippen molar-refractivity contribution in [3.05, 3.63) is 34.1 Å².